The molecule has 0 aliphatic carbocycles. The predicted molar refractivity (Wildman–Crippen MR) is 149 cm³/mol. The predicted octanol–water partition coefficient (Wildman–Crippen LogP) is 2.92. The van der Waals surface area contributed by atoms with E-state index in [1.54, 1.807) is 12.1 Å². The van der Waals surface area contributed by atoms with Crippen LogP contribution in [0.3, 0.4) is 0 Å². The van der Waals surface area contributed by atoms with E-state index in [9.17, 15) is 10.1 Å². The molecule has 7 N–H and O–H groups in total. The minimum Gasteiger partial charge on any atom is -0.490 e. The van der Waals surface area contributed by atoms with E-state index in [1.807, 2.05) is 49.5 Å². The molecular weight excluding hydrogens is 566 g/mol. The smallest absolute Gasteiger partial charge is 0.258 e. The number of benzene rings is 2. The first-order valence-electron chi connectivity index (χ1n) is 11.7. The van der Waals surface area contributed by atoms with E-state index >= 15 is 0 Å². The number of fused-ring (bicyclic) bond motifs is 1. The van der Waals surface area contributed by atoms with Crippen molar-refractivity contribution in [3.63, 3.8) is 0 Å². The Morgan fingerprint density at radius 1 is 1.18 bits per heavy atom. The first kappa shape index (κ1) is 27.0. The lowest BCUT2D eigenvalue weighted by molar-refractivity contribution is -0.123. The molecule has 0 bridgehead atoms. The van der Waals surface area contributed by atoms with Crippen LogP contribution in [0.1, 0.15) is 35.2 Å². The summed E-state index contributed by atoms with van der Waals surface area (Å²) in [5, 5.41) is 26.9. The van der Waals surface area contributed by atoms with Gasteiger partial charge in [-0.05, 0) is 30.2 Å². The molecule has 1 unspecified atom stereocenters. The summed E-state index contributed by atoms with van der Waals surface area (Å²) < 4.78 is 12.2. The quantitative estimate of drug-likeness (QED) is 0.192. The minimum absolute atomic E-state index is 0.0232. The first-order valence-corrected chi connectivity index (χ1v) is 12.5. The Morgan fingerprint density at radius 2 is 1.92 bits per heavy atom. The SMILES string of the molecule is CCOc1cc(C2N=C(NC#N)Nc3nc(N)c(C#N)c(N)c32)c(Br)cc1OCC(=O)NCc1ccccc1. The highest BCUT2D eigenvalue weighted by Crippen LogP contribution is 2.45. The number of nitrogens with one attached hydrogen (secondary N) is 3. The van der Waals surface area contributed by atoms with Gasteiger partial charge in [-0.2, -0.15) is 10.5 Å². The average molecular weight is 590 g/mol. The number of nitrogens with two attached hydrogens (primary N) is 2. The molecule has 2 aromatic carbocycles. The highest BCUT2D eigenvalue weighted by molar-refractivity contribution is 9.10. The van der Waals surface area contributed by atoms with Crippen LogP contribution in [0, 0.1) is 22.8 Å². The van der Waals surface area contributed by atoms with Gasteiger partial charge in [-0.1, -0.05) is 46.3 Å². The zero-order chi connectivity index (χ0) is 27.9. The van der Waals surface area contributed by atoms with Gasteiger partial charge in [-0.15, -0.1) is 0 Å². The van der Waals surface area contributed by atoms with Gasteiger partial charge in [0.2, 0.25) is 5.96 Å². The molecule has 1 amide bonds. The summed E-state index contributed by atoms with van der Waals surface area (Å²) >= 11 is 3.56. The number of rotatable bonds is 8. The highest BCUT2D eigenvalue weighted by atomic mass is 79.9. The molecular formula is C26H24BrN9O3. The number of hydrogen-bond donors (Lipinski definition) is 5. The Kier molecular flexibility index (Phi) is 8.33. The number of ether oxygens (including phenoxy) is 2. The van der Waals surface area contributed by atoms with Gasteiger partial charge in [0, 0.05) is 16.6 Å². The summed E-state index contributed by atoms with van der Waals surface area (Å²) in [7, 11) is 0. The van der Waals surface area contributed by atoms with Crippen LogP contribution in [0.2, 0.25) is 0 Å². The fourth-order valence-corrected chi connectivity index (χ4v) is 4.48. The van der Waals surface area contributed by atoms with Crippen molar-refractivity contribution in [2.45, 2.75) is 19.5 Å². The topological polar surface area (TPSA) is 196 Å². The Hall–Kier alpha value is -5.01. The maximum Gasteiger partial charge on any atom is 0.258 e. The van der Waals surface area contributed by atoms with Crippen LogP contribution in [0.15, 0.2) is 51.9 Å². The zero-order valence-electron chi connectivity index (χ0n) is 20.8. The number of hydrogen-bond acceptors (Lipinski definition) is 11. The number of carbonyl (C=O) groups excluding carboxylic acids is 1. The molecule has 3 aromatic rings. The molecule has 1 aliphatic rings. The van der Waals surface area contributed by atoms with Gasteiger partial charge in [0.1, 0.15) is 29.3 Å². The summed E-state index contributed by atoms with van der Waals surface area (Å²) in [5.41, 5.74) is 14.4. The van der Waals surface area contributed by atoms with Crippen LogP contribution in [0.25, 0.3) is 0 Å². The number of amides is 1. The lowest BCUT2D eigenvalue weighted by atomic mass is 9.95. The normalized spacial score (nSPS) is 13.5. The standard InChI is InChI=1S/C26H24BrN9O3/c1-2-38-18-8-15(17(27)9-19(18)39-12-20(37)32-11-14-6-4-3-5-7-14)23-21-22(30)16(10-28)24(31)35-25(21)36-26(34-23)33-13-29/h3-9,23H,2,11-12H2,1H3,(H,32,37)(H6,30,31,33,34,35,36). The molecule has 0 saturated heterocycles. The van der Waals surface area contributed by atoms with Crippen LogP contribution in [-0.2, 0) is 11.3 Å². The Labute approximate surface area is 232 Å². The van der Waals surface area contributed by atoms with E-state index in [4.69, 9.17) is 26.2 Å². The molecule has 1 aliphatic heterocycles. The molecule has 0 spiro atoms. The van der Waals surface area contributed by atoms with Crippen molar-refractivity contribution < 1.29 is 14.3 Å². The largest absolute Gasteiger partial charge is 0.490 e. The molecule has 39 heavy (non-hydrogen) atoms. The van der Waals surface area contributed by atoms with Crippen molar-refractivity contribution in [2.75, 3.05) is 30.0 Å². The molecule has 0 saturated carbocycles. The van der Waals surface area contributed by atoms with Crippen LogP contribution < -0.4 is 36.9 Å². The van der Waals surface area contributed by atoms with Crippen molar-refractivity contribution >= 4 is 45.1 Å². The van der Waals surface area contributed by atoms with Crippen LogP contribution in [0.5, 0.6) is 11.5 Å². The van der Waals surface area contributed by atoms with Gasteiger partial charge >= 0.3 is 0 Å². The van der Waals surface area contributed by atoms with E-state index in [1.165, 1.54) is 0 Å². The third kappa shape index (κ3) is 5.95. The van der Waals surface area contributed by atoms with E-state index in [0.717, 1.165) is 5.56 Å². The number of carbonyl (C=O) groups is 1. The van der Waals surface area contributed by atoms with Gasteiger partial charge in [-0.25, -0.2) is 9.98 Å². The third-order valence-electron chi connectivity index (χ3n) is 5.71. The second kappa shape index (κ2) is 12.0. The number of aliphatic imine (C=N–C) groups is 1. The molecule has 12 nitrogen and oxygen atoms in total. The van der Waals surface area contributed by atoms with E-state index in [2.05, 4.69) is 41.9 Å². The van der Waals surface area contributed by atoms with Crippen LogP contribution in [-0.4, -0.2) is 30.1 Å². The second-order valence-electron chi connectivity index (χ2n) is 8.21. The molecule has 4 rings (SSSR count). The number of guanidine groups is 1. The number of nitrogen functional groups attached to an aromatic ring is 2. The lowest BCUT2D eigenvalue weighted by Gasteiger charge is -2.27. The third-order valence-corrected chi connectivity index (χ3v) is 6.39. The average Bonchev–Trinajstić information content (AvgIpc) is 2.92. The lowest BCUT2D eigenvalue weighted by Crippen LogP contribution is -2.33. The fourth-order valence-electron chi connectivity index (χ4n) is 3.94. The molecule has 198 valence electrons. The summed E-state index contributed by atoms with van der Waals surface area (Å²) in [6.07, 6.45) is 1.82. The van der Waals surface area contributed by atoms with Gasteiger partial charge in [0.25, 0.3) is 5.91 Å². The number of aromatic nitrogens is 1. The van der Waals surface area contributed by atoms with Gasteiger partial charge in [-0.3, -0.25) is 10.1 Å². The van der Waals surface area contributed by atoms with Crippen molar-refractivity contribution in [3.8, 4) is 23.8 Å². The summed E-state index contributed by atoms with van der Waals surface area (Å²) in [6.45, 7) is 2.28. The molecule has 2 heterocycles. The molecule has 0 fully saturated rings. The molecule has 0 radical (unpaired) electrons. The monoisotopic (exact) mass is 589 g/mol. The Balaban J connectivity index is 1.66. The summed E-state index contributed by atoms with van der Waals surface area (Å²) in [4.78, 5) is 21.3. The van der Waals surface area contributed by atoms with Crippen molar-refractivity contribution in [2.24, 2.45) is 4.99 Å². The Morgan fingerprint density at radius 3 is 2.62 bits per heavy atom. The molecule has 1 aromatic heterocycles. The number of nitriles is 2. The second-order valence-corrected chi connectivity index (χ2v) is 9.06. The summed E-state index contributed by atoms with van der Waals surface area (Å²) in [5.74, 6) is 0.706. The minimum atomic E-state index is -0.797. The van der Waals surface area contributed by atoms with E-state index < -0.39 is 6.04 Å². The van der Waals surface area contributed by atoms with Gasteiger partial charge in [0.05, 0.1) is 12.3 Å². The number of anilines is 3. The summed E-state index contributed by atoms with van der Waals surface area (Å²) in [6, 6.07) is 14.1. The number of halogens is 1. The zero-order valence-corrected chi connectivity index (χ0v) is 22.4. The van der Waals surface area contributed by atoms with E-state index in [0.29, 0.717) is 40.3 Å². The first-order chi connectivity index (χ1) is 18.9. The molecule has 1 atom stereocenters. The number of nitrogens with zero attached hydrogens (tertiary/aromatic N) is 4. The highest BCUT2D eigenvalue weighted by Gasteiger charge is 2.31. The Bertz CT molecular complexity index is 1510. The maximum absolute atomic E-state index is 12.4. The van der Waals surface area contributed by atoms with Crippen molar-refractivity contribution in [3.05, 3.63) is 69.2 Å². The maximum atomic E-state index is 12.4. The van der Waals surface area contributed by atoms with Crippen LogP contribution in [0.4, 0.5) is 17.3 Å². The van der Waals surface area contributed by atoms with Crippen LogP contribution >= 0.6 is 15.9 Å². The van der Waals surface area contributed by atoms with Gasteiger partial charge in [0.15, 0.2) is 24.3 Å². The van der Waals surface area contributed by atoms with Gasteiger partial charge < -0.3 is 31.6 Å². The van der Waals surface area contributed by atoms with Crippen molar-refractivity contribution in [1.82, 2.24) is 15.6 Å². The fraction of sp³-hybridized carbons (Fsp3) is 0.192. The van der Waals surface area contributed by atoms with E-state index in [-0.39, 0.29) is 41.4 Å². The molecule has 13 heteroatoms. The van der Waals surface area contributed by atoms with Crippen molar-refractivity contribution in [1.29, 1.82) is 10.5 Å². The number of pyridine rings is 1.